The lowest BCUT2D eigenvalue weighted by molar-refractivity contribution is 0.413. The topological polar surface area (TPSA) is 53.5 Å². The molecule has 0 heterocycles. The Labute approximate surface area is 161 Å². The monoisotopic (exact) mass is 425 g/mol. The van der Waals surface area contributed by atoms with E-state index in [9.17, 15) is 4.21 Å². The van der Waals surface area contributed by atoms with E-state index in [-0.39, 0.29) is 0 Å². The van der Waals surface area contributed by atoms with Gasteiger partial charge in [-0.3, -0.25) is 9.20 Å². The van der Waals surface area contributed by atoms with E-state index in [2.05, 4.69) is 55.8 Å². The Hall–Kier alpha value is -0.880. The Morgan fingerprint density at radius 2 is 2.00 bits per heavy atom. The van der Waals surface area contributed by atoms with Gasteiger partial charge in [0.25, 0.3) is 0 Å². The van der Waals surface area contributed by atoms with Gasteiger partial charge in [-0.1, -0.05) is 41.4 Å². The Bertz CT molecular complexity index is 634. The van der Waals surface area contributed by atoms with E-state index in [4.69, 9.17) is 0 Å². The van der Waals surface area contributed by atoms with Crippen LogP contribution in [0.15, 0.2) is 33.7 Å². The summed E-state index contributed by atoms with van der Waals surface area (Å²) < 4.78 is 13.2. The van der Waals surface area contributed by atoms with Crippen molar-refractivity contribution in [2.24, 2.45) is 4.99 Å². The molecular formula is C19H28BrN3OS. The molecule has 2 fully saturated rings. The molecule has 2 N–H and O–H groups in total. The van der Waals surface area contributed by atoms with Gasteiger partial charge in [0, 0.05) is 51.3 Å². The predicted octanol–water partition coefficient (Wildman–Crippen LogP) is 3.55. The smallest absolute Gasteiger partial charge is 0.191 e. The molecule has 0 saturated heterocycles. The molecule has 0 amide bonds. The number of hydrogen-bond acceptors (Lipinski definition) is 2. The summed E-state index contributed by atoms with van der Waals surface area (Å²) in [5.41, 5.74) is 1.38. The molecule has 4 nitrogen and oxygen atoms in total. The van der Waals surface area contributed by atoms with Gasteiger partial charge in [0.05, 0.1) is 0 Å². The zero-order valence-electron chi connectivity index (χ0n) is 15.0. The van der Waals surface area contributed by atoms with Crippen LogP contribution in [-0.4, -0.2) is 40.3 Å². The van der Waals surface area contributed by atoms with Gasteiger partial charge in [-0.2, -0.15) is 0 Å². The van der Waals surface area contributed by atoms with E-state index in [0.29, 0.717) is 23.3 Å². The first-order valence-corrected chi connectivity index (χ1v) is 11.4. The molecule has 5 atom stereocenters. The van der Waals surface area contributed by atoms with Gasteiger partial charge in [-0.25, -0.2) is 0 Å². The molecule has 1 aromatic rings. The third-order valence-electron chi connectivity index (χ3n) is 5.26. The summed E-state index contributed by atoms with van der Waals surface area (Å²) >= 11 is 3.49. The van der Waals surface area contributed by atoms with Gasteiger partial charge >= 0.3 is 0 Å². The number of aliphatic imine (C=N–C) groups is 1. The first-order chi connectivity index (χ1) is 12.1. The fourth-order valence-corrected chi connectivity index (χ4v) is 5.34. The molecule has 6 heteroatoms. The molecule has 1 aromatic carbocycles. The number of nitrogens with zero attached hydrogens (tertiary/aromatic N) is 1. The highest BCUT2D eigenvalue weighted by Crippen LogP contribution is 2.41. The highest BCUT2D eigenvalue weighted by molar-refractivity contribution is 9.10. The van der Waals surface area contributed by atoms with Crippen LogP contribution in [-0.2, 0) is 10.8 Å². The number of rotatable bonds is 5. The summed E-state index contributed by atoms with van der Waals surface area (Å²) in [6.07, 6.45) is 5.52. The quantitative estimate of drug-likeness (QED) is 0.559. The van der Waals surface area contributed by atoms with Gasteiger partial charge < -0.3 is 10.6 Å². The second-order valence-corrected chi connectivity index (χ2v) is 9.94. The Kier molecular flexibility index (Phi) is 6.55. The predicted molar refractivity (Wildman–Crippen MR) is 110 cm³/mol. The van der Waals surface area contributed by atoms with Crippen LogP contribution in [0.3, 0.4) is 0 Å². The molecule has 2 aliphatic carbocycles. The van der Waals surface area contributed by atoms with Crippen LogP contribution in [0.2, 0.25) is 0 Å². The van der Waals surface area contributed by atoms with Gasteiger partial charge in [0.15, 0.2) is 5.96 Å². The summed E-state index contributed by atoms with van der Waals surface area (Å²) in [6.45, 7) is 2.02. The molecule has 25 heavy (non-hydrogen) atoms. The first kappa shape index (κ1) is 18.9. The van der Waals surface area contributed by atoms with Gasteiger partial charge in [0.2, 0.25) is 0 Å². The van der Waals surface area contributed by atoms with Crippen LogP contribution < -0.4 is 10.6 Å². The molecule has 0 spiro atoms. The zero-order valence-corrected chi connectivity index (χ0v) is 17.4. The molecular weight excluding hydrogens is 398 g/mol. The fraction of sp³-hybridized carbons (Fsp3) is 0.632. The van der Waals surface area contributed by atoms with E-state index in [1.165, 1.54) is 5.56 Å². The standard InChI is InChI=1S/C19H28BrN3OS/c1-3-25(24)16-6-4-5-15(11-16)22-19(21-2)23-18-12-17(18)13-7-9-14(20)10-8-13/h7-10,15-18H,3-6,11-12H2,1-2H3,(H2,21,22,23). The largest absolute Gasteiger partial charge is 0.354 e. The van der Waals surface area contributed by atoms with Crippen LogP contribution in [0.1, 0.15) is 50.5 Å². The lowest BCUT2D eigenvalue weighted by Crippen LogP contribution is -2.47. The summed E-state index contributed by atoms with van der Waals surface area (Å²) in [5.74, 6) is 2.22. The summed E-state index contributed by atoms with van der Waals surface area (Å²) in [6, 6.07) is 9.43. The van der Waals surface area contributed by atoms with E-state index in [1.807, 2.05) is 14.0 Å². The second-order valence-electron chi connectivity index (χ2n) is 7.02. The van der Waals surface area contributed by atoms with E-state index >= 15 is 0 Å². The number of halogens is 1. The Morgan fingerprint density at radius 1 is 1.24 bits per heavy atom. The number of benzene rings is 1. The van der Waals surface area contributed by atoms with Gasteiger partial charge in [0.1, 0.15) is 0 Å². The van der Waals surface area contributed by atoms with Crippen molar-refractivity contribution in [2.75, 3.05) is 12.8 Å². The van der Waals surface area contributed by atoms with Gasteiger partial charge in [-0.15, -0.1) is 0 Å². The van der Waals surface area contributed by atoms with Gasteiger partial charge in [-0.05, 0) is 43.4 Å². The average Bonchev–Trinajstić information content (AvgIpc) is 3.40. The normalized spacial score (nSPS) is 30.6. The first-order valence-electron chi connectivity index (χ1n) is 9.23. The Balaban J connectivity index is 1.50. The molecule has 0 bridgehead atoms. The molecule has 0 aromatic heterocycles. The maximum Gasteiger partial charge on any atom is 0.191 e. The third kappa shape index (κ3) is 5.07. The van der Waals surface area contributed by atoms with Crippen LogP contribution in [0.4, 0.5) is 0 Å². The zero-order chi connectivity index (χ0) is 17.8. The van der Waals surface area contributed by atoms with E-state index < -0.39 is 10.8 Å². The van der Waals surface area contributed by atoms with Crippen molar-refractivity contribution in [2.45, 2.75) is 62.3 Å². The van der Waals surface area contributed by atoms with Crippen molar-refractivity contribution in [1.82, 2.24) is 10.6 Å². The lowest BCUT2D eigenvalue weighted by Gasteiger charge is -2.30. The summed E-state index contributed by atoms with van der Waals surface area (Å²) in [7, 11) is 1.14. The molecule has 2 saturated carbocycles. The number of nitrogens with one attached hydrogen (secondary N) is 2. The SMILES string of the molecule is CCS(=O)C1CCCC(NC(=NC)NC2CC2c2ccc(Br)cc2)C1. The number of hydrogen-bond donors (Lipinski definition) is 2. The second kappa shape index (κ2) is 8.67. The van der Waals surface area contributed by atoms with Crippen LogP contribution in [0.5, 0.6) is 0 Å². The van der Waals surface area contributed by atoms with Crippen LogP contribution in [0.25, 0.3) is 0 Å². The average molecular weight is 426 g/mol. The van der Waals surface area contributed by atoms with Crippen molar-refractivity contribution in [1.29, 1.82) is 0 Å². The molecule has 2 aliphatic rings. The highest BCUT2D eigenvalue weighted by atomic mass is 79.9. The molecule has 0 aliphatic heterocycles. The molecule has 3 rings (SSSR count). The third-order valence-corrected chi connectivity index (χ3v) is 7.53. The van der Waals surface area contributed by atoms with E-state index in [1.54, 1.807) is 0 Å². The number of guanidine groups is 1. The minimum absolute atomic E-state index is 0.339. The molecule has 138 valence electrons. The minimum Gasteiger partial charge on any atom is -0.354 e. The van der Waals surface area contributed by atoms with Crippen molar-refractivity contribution in [3.63, 3.8) is 0 Å². The van der Waals surface area contributed by atoms with Crippen molar-refractivity contribution < 1.29 is 4.21 Å². The maximum atomic E-state index is 12.1. The minimum atomic E-state index is -0.686. The van der Waals surface area contributed by atoms with Crippen LogP contribution in [0, 0.1) is 0 Å². The van der Waals surface area contributed by atoms with E-state index in [0.717, 1.165) is 48.3 Å². The van der Waals surface area contributed by atoms with Crippen molar-refractivity contribution in [3.05, 3.63) is 34.3 Å². The highest BCUT2D eigenvalue weighted by Gasteiger charge is 2.39. The van der Waals surface area contributed by atoms with Crippen molar-refractivity contribution >= 4 is 32.7 Å². The lowest BCUT2D eigenvalue weighted by atomic mass is 9.95. The maximum absolute atomic E-state index is 12.1. The fourth-order valence-electron chi connectivity index (χ4n) is 3.72. The Morgan fingerprint density at radius 3 is 2.68 bits per heavy atom. The van der Waals surface area contributed by atoms with Crippen molar-refractivity contribution in [3.8, 4) is 0 Å². The van der Waals surface area contributed by atoms with Crippen LogP contribution >= 0.6 is 15.9 Å². The summed E-state index contributed by atoms with van der Waals surface area (Å²) in [5, 5.41) is 7.46. The molecule has 5 unspecified atom stereocenters. The summed E-state index contributed by atoms with van der Waals surface area (Å²) in [4.78, 5) is 4.41. The molecule has 0 radical (unpaired) electrons.